The lowest BCUT2D eigenvalue weighted by molar-refractivity contribution is -0.254. The first-order valence-electron chi connectivity index (χ1n) is 10.2. The molecule has 0 aliphatic heterocycles. The van der Waals surface area contributed by atoms with Gasteiger partial charge in [0.05, 0.1) is 11.1 Å². The van der Waals surface area contributed by atoms with Crippen molar-refractivity contribution >= 4 is 33.5 Å². The molecule has 0 saturated carbocycles. The van der Waals surface area contributed by atoms with Crippen LogP contribution in [0, 0.1) is 6.92 Å². The molecule has 1 unspecified atom stereocenters. The number of anilines is 1. The number of oxazole rings is 1. The molecule has 0 bridgehead atoms. The van der Waals surface area contributed by atoms with Crippen LogP contribution in [-0.2, 0) is 10.2 Å². The van der Waals surface area contributed by atoms with Gasteiger partial charge in [-0.3, -0.25) is 4.79 Å². The largest absolute Gasteiger partial charge is 0.443 e. The molecule has 8 nitrogen and oxygen atoms in total. The van der Waals surface area contributed by atoms with E-state index < -0.39 is 35.1 Å². The lowest BCUT2D eigenvalue weighted by atomic mass is 9.74. The first-order chi connectivity index (χ1) is 15.8. The Hall–Kier alpha value is -3.73. The molecule has 178 valence electrons. The fourth-order valence-corrected chi connectivity index (χ4v) is 4.01. The molecular formula is C23H20F3N3O5. The van der Waals surface area contributed by atoms with Crippen molar-refractivity contribution in [2.24, 2.45) is 0 Å². The number of hydrogen-bond donors (Lipinski definition) is 2. The number of aromatic nitrogens is 2. The van der Waals surface area contributed by atoms with Gasteiger partial charge in [-0.05, 0) is 36.6 Å². The highest BCUT2D eigenvalue weighted by atomic mass is 19.4. The van der Waals surface area contributed by atoms with E-state index in [1.807, 2.05) is 0 Å². The molecule has 2 aromatic heterocycles. The highest BCUT2D eigenvalue weighted by molar-refractivity contribution is 6.00. The van der Waals surface area contributed by atoms with Gasteiger partial charge >= 0.3 is 11.8 Å². The number of carbonyl (C=O) groups is 1. The molecule has 1 amide bonds. The maximum absolute atomic E-state index is 14.1. The van der Waals surface area contributed by atoms with Gasteiger partial charge in [0.2, 0.25) is 5.60 Å². The number of nitrogens with one attached hydrogen (secondary N) is 1. The number of rotatable bonds is 5. The van der Waals surface area contributed by atoms with Crippen LogP contribution in [0.1, 0.15) is 31.5 Å². The third-order valence-corrected chi connectivity index (χ3v) is 5.78. The molecule has 0 spiro atoms. The van der Waals surface area contributed by atoms with Gasteiger partial charge in [-0.1, -0.05) is 31.1 Å². The Morgan fingerprint density at radius 3 is 2.59 bits per heavy atom. The lowest BCUT2D eigenvalue weighted by Crippen LogP contribution is -2.57. The average molecular weight is 475 g/mol. The number of carbonyl (C=O) groups excluding carboxylic acids is 1. The van der Waals surface area contributed by atoms with E-state index >= 15 is 0 Å². The number of benzene rings is 2. The molecule has 0 aliphatic carbocycles. The zero-order chi connectivity index (χ0) is 24.9. The van der Waals surface area contributed by atoms with E-state index in [9.17, 15) is 27.9 Å². The van der Waals surface area contributed by atoms with E-state index in [0.717, 1.165) is 0 Å². The summed E-state index contributed by atoms with van der Waals surface area (Å²) in [5.41, 5.74) is -4.49. The molecule has 0 fully saturated rings. The van der Waals surface area contributed by atoms with Crippen LogP contribution in [0.2, 0.25) is 0 Å². The molecule has 4 rings (SSSR count). The van der Waals surface area contributed by atoms with Crippen molar-refractivity contribution in [2.45, 2.75) is 44.4 Å². The second-order valence-corrected chi connectivity index (χ2v) is 8.69. The Labute approximate surface area is 190 Å². The van der Waals surface area contributed by atoms with Crippen molar-refractivity contribution in [1.29, 1.82) is 0 Å². The molecule has 11 heteroatoms. The Morgan fingerprint density at radius 1 is 1.15 bits per heavy atom. The van der Waals surface area contributed by atoms with Crippen LogP contribution in [0.3, 0.4) is 0 Å². The van der Waals surface area contributed by atoms with Crippen molar-refractivity contribution in [1.82, 2.24) is 10.1 Å². The van der Waals surface area contributed by atoms with Crippen LogP contribution in [0.4, 0.5) is 18.9 Å². The van der Waals surface area contributed by atoms with Crippen molar-refractivity contribution in [3.63, 3.8) is 0 Å². The van der Waals surface area contributed by atoms with E-state index in [-0.39, 0.29) is 16.7 Å². The number of aryl methyl sites for hydroxylation is 1. The predicted molar refractivity (Wildman–Crippen MR) is 116 cm³/mol. The number of halogens is 3. The van der Waals surface area contributed by atoms with Crippen molar-refractivity contribution in [2.75, 3.05) is 5.32 Å². The third-order valence-electron chi connectivity index (χ3n) is 5.78. The van der Waals surface area contributed by atoms with Crippen LogP contribution in [0.15, 0.2) is 56.5 Å². The molecule has 0 saturated heterocycles. The number of aliphatic hydroxyl groups is 1. The minimum Gasteiger partial charge on any atom is -0.443 e. The minimum absolute atomic E-state index is 0.0502. The van der Waals surface area contributed by atoms with E-state index in [1.165, 1.54) is 45.4 Å². The van der Waals surface area contributed by atoms with Crippen LogP contribution < -0.4 is 10.9 Å². The highest BCUT2D eigenvalue weighted by Crippen LogP contribution is 2.43. The Bertz CT molecular complexity index is 1460. The quantitative estimate of drug-likeness (QED) is 0.443. The van der Waals surface area contributed by atoms with Gasteiger partial charge in [0.25, 0.3) is 5.91 Å². The van der Waals surface area contributed by atoms with Gasteiger partial charge in [-0.15, -0.1) is 0 Å². The first-order valence-corrected chi connectivity index (χ1v) is 10.2. The summed E-state index contributed by atoms with van der Waals surface area (Å²) in [6.45, 7) is 4.48. The molecule has 0 aliphatic rings. The van der Waals surface area contributed by atoms with Crippen LogP contribution in [0.25, 0.3) is 21.9 Å². The number of para-hydroxylation sites is 1. The molecule has 34 heavy (non-hydrogen) atoms. The fraction of sp³-hybridized carbons (Fsp3) is 0.304. The van der Waals surface area contributed by atoms with Crippen LogP contribution >= 0.6 is 0 Å². The van der Waals surface area contributed by atoms with Gasteiger partial charge < -0.3 is 19.4 Å². The van der Waals surface area contributed by atoms with Gasteiger partial charge in [-0.2, -0.15) is 13.2 Å². The first kappa shape index (κ1) is 23.4. The van der Waals surface area contributed by atoms with Crippen molar-refractivity contribution in [3.8, 4) is 0 Å². The maximum Gasteiger partial charge on any atom is 0.426 e. The summed E-state index contributed by atoms with van der Waals surface area (Å²) in [7, 11) is 0. The Morgan fingerprint density at radius 2 is 1.88 bits per heavy atom. The number of nitrogens with zero attached hydrogens (tertiary/aromatic N) is 2. The SMILES string of the molecule is Cc1noc(=O)c2ccc(NC(=O)C(O)(CC(C)(C)c3cccc4ncoc34)C(F)(F)F)cc12. The standard InChI is InChI=1S/C23H20F3N3O5/c1-12-15-9-13(7-8-14(15)19(30)34-29-12)28-20(31)22(32,23(24,25)26)10-21(2,3)16-5-4-6-17-18(16)33-11-27-17/h4-9,11,32H,10H2,1-3H3,(H,28,31). The monoisotopic (exact) mass is 475 g/mol. The summed E-state index contributed by atoms with van der Waals surface area (Å²) in [6, 6.07) is 8.64. The Balaban J connectivity index is 1.70. The third kappa shape index (κ3) is 3.92. The zero-order valence-electron chi connectivity index (χ0n) is 18.4. The fourth-order valence-electron chi connectivity index (χ4n) is 4.01. The smallest absolute Gasteiger partial charge is 0.426 e. The number of amides is 1. The molecule has 2 heterocycles. The van der Waals surface area contributed by atoms with Crippen LogP contribution in [-0.4, -0.2) is 32.9 Å². The Kier molecular flexibility index (Phi) is 5.47. The summed E-state index contributed by atoms with van der Waals surface area (Å²) in [6.07, 6.45) is -5.12. The summed E-state index contributed by atoms with van der Waals surface area (Å²) in [5.74, 6) is -1.66. The maximum atomic E-state index is 14.1. The van der Waals surface area contributed by atoms with E-state index in [0.29, 0.717) is 22.2 Å². The molecular weight excluding hydrogens is 455 g/mol. The van der Waals surface area contributed by atoms with E-state index in [4.69, 9.17) is 4.42 Å². The van der Waals surface area contributed by atoms with Gasteiger partial charge in [-0.25, -0.2) is 9.78 Å². The topological polar surface area (TPSA) is 118 Å². The van der Waals surface area contributed by atoms with Crippen molar-refractivity contribution in [3.05, 3.63) is 64.5 Å². The second kappa shape index (κ2) is 7.94. The highest BCUT2D eigenvalue weighted by Gasteiger charge is 2.61. The van der Waals surface area contributed by atoms with Gasteiger partial charge in [0.15, 0.2) is 12.0 Å². The molecule has 4 aromatic rings. The predicted octanol–water partition coefficient (Wildman–Crippen LogP) is 4.24. The summed E-state index contributed by atoms with van der Waals surface area (Å²) in [4.78, 5) is 28.7. The van der Waals surface area contributed by atoms with E-state index in [1.54, 1.807) is 18.2 Å². The van der Waals surface area contributed by atoms with Crippen molar-refractivity contribution < 1.29 is 32.0 Å². The van der Waals surface area contributed by atoms with Crippen LogP contribution in [0.5, 0.6) is 0 Å². The molecule has 0 radical (unpaired) electrons. The molecule has 1 atom stereocenters. The summed E-state index contributed by atoms with van der Waals surface area (Å²) in [5, 5.41) is 16.9. The number of hydrogen-bond acceptors (Lipinski definition) is 7. The second-order valence-electron chi connectivity index (χ2n) is 8.69. The van der Waals surface area contributed by atoms with Gasteiger partial charge in [0.1, 0.15) is 5.52 Å². The summed E-state index contributed by atoms with van der Waals surface area (Å²) >= 11 is 0. The average Bonchev–Trinajstić information content (AvgIpc) is 3.24. The summed E-state index contributed by atoms with van der Waals surface area (Å²) < 4.78 is 52.3. The normalized spacial score (nSPS) is 14.3. The molecule has 2 aromatic carbocycles. The number of fused-ring (bicyclic) bond motifs is 2. The molecule has 2 N–H and O–H groups in total. The zero-order valence-corrected chi connectivity index (χ0v) is 18.4. The van der Waals surface area contributed by atoms with E-state index in [2.05, 4.69) is 20.0 Å². The number of alkyl halides is 3. The van der Waals surface area contributed by atoms with Gasteiger partial charge in [0, 0.05) is 23.1 Å². The lowest BCUT2D eigenvalue weighted by Gasteiger charge is -2.36. The minimum atomic E-state index is -5.29.